The predicted molar refractivity (Wildman–Crippen MR) is 183 cm³/mol. The van der Waals surface area contributed by atoms with E-state index in [2.05, 4.69) is 49.0 Å². The smallest absolute Gasteiger partial charge is 0.321 e. The number of fused-ring (bicyclic) bond motifs is 3. The van der Waals surface area contributed by atoms with E-state index in [1.807, 2.05) is 26.8 Å². The fourth-order valence-corrected chi connectivity index (χ4v) is 9.14. The molecule has 1 unspecified atom stereocenters. The number of hydrogen-bond donors (Lipinski definition) is 1. The molecule has 2 aromatic heterocycles. The van der Waals surface area contributed by atoms with E-state index in [4.69, 9.17) is 14.7 Å². The van der Waals surface area contributed by atoms with E-state index in [9.17, 15) is 24.3 Å². The number of rotatable bonds is 6. The summed E-state index contributed by atoms with van der Waals surface area (Å²) in [6, 6.07) is 0. The highest BCUT2D eigenvalue weighted by Crippen LogP contribution is 2.45. The van der Waals surface area contributed by atoms with E-state index >= 15 is 0 Å². The first-order valence-electron chi connectivity index (χ1n) is 16.8. The quantitative estimate of drug-likeness (QED) is 0.275. The van der Waals surface area contributed by atoms with Crippen LogP contribution in [0.4, 0.5) is 0 Å². The number of esters is 1. The molecule has 0 radical (unpaired) electrons. The Morgan fingerprint density at radius 2 is 1.60 bits per heavy atom. The van der Waals surface area contributed by atoms with Crippen LogP contribution in [0.25, 0.3) is 23.8 Å². The van der Waals surface area contributed by atoms with Gasteiger partial charge in [0.2, 0.25) is 0 Å². The van der Waals surface area contributed by atoms with E-state index in [-0.39, 0.29) is 48.1 Å². The van der Waals surface area contributed by atoms with Crippen LogP contribution in [0.2, 0.25) is 0 Å². The number of carboxylic acids is 1. The lowest BCUT2D eigenvalue weighted by atomic mass is 9.81. The number of ether oxygens (including phenoxy) is 1. The molecule has 0 aromatic carbocycles. The maximum atomic E-state index is 14.6. The van der Waals surface area contributed by atoms with Gasteiger partial charge in [0.25, 0.3) is 0 Å². The van der Waals surface area contributed by atoms with Crippen LogP contribution < -0.4 is 10.7 Å². The highest BCUT2D eigenvalue weighted by molar-refractivity contribution is 6.35. The molecule has 0 spiro atoms. The molecule has 5 aliphatic rings. The molecule has 2 aromatic rings. The number of carbonyl (C=O) groups is 4. The van der Waals surface area contributed by atoms with Gasteiger partial charge in [0.15, 0.2) is 11.6 Å². The second-order valence-corrected chi connectivity index (χ2v) is 14.4. The predicted octanol–water partition coefficient (Wildman–Crippen LogP) is 4.66. The Bertz CT molecular complexity index is 2150. The summed E-state index contributed by atoms with van der Waals surface area (Å²) < 4.78 is 9.58. The Hall–Kier alpha value is -4.60. The number of ketones is 2. The molecule has 0 amide bonds. The number of carbonyl (C=O) groups excluding carboxylic acids is 3. The zero-order chi connectivity index (χ0) is 34.7. The maximum absolute atomic E-state index is 14.6. The van der Waals surface area contributed by atoms with E-state index < -0.39 is 23.5 Å². The molecule has 1 N–H and O–H groups in total. The molecule has 6 heterocycles. The zero-order valence-electron chi connectivity index (χ0n) is 29.0. The third-order valence-electron chi connectivity index (χ3n) is 11.5. The number of aliphatic carboxylic acids is 1. The van der Waals surface area contributed by atoms with Crippen LogP contribution in [-0.4, -0.2) is 56.3 Å². The average Bonchev–Trinajstić information content (AvgIpc) is 3.74. The van der Waals surface area contributed by atoms with Crippen molar-refractivity contribution in [2.75, 3.05) is 7.11 Å². The van der Waals surface area contributed by atoms with Crippen LogP contribution in [0, 0.1) is 43.4 Å². The van der Waals surface area contributed by atoms with E-state index in [0.29, 0.717) is 33.5 Å². The van der Waals surface area contributed by atoms with Gasteiger partial charge >= 0.3 is 11.9 Å². The monoisotopic (exact) mass is 650 g/mol. The largest absolute Gasteiger partial charge is 0.481 e. The molecule has 250 valence electrons. The van der Waals surface area contributed by atoms with Gasteiger partial charge in [-0.05, 0) is 76.8 Å². The molecule has 0 fully saturated rings. The number of allylic oxidation sites excluding steroid dienone is 2. The number of aliphatic imine (C=N–C) groups is 2. The molecule has 10 heteroatoms. The number of carboxylic acid groups (broad SMARTS) is 1. The molecule has 5 atom stereocenters. The third-order valence-corrected chi connectivity index (χ3v) is 11.5. The Kier molecular flexibility index (Phi) is 7.13. The second-order valence-electron chi connectivity index (χ2n) is 14.4. The molecule has 0 saturated heterocycles. The number of aromatic nitrogens is 2. The standard InChI is InChI=1S/C38H42N4O6/c1-10-21-16(2)23-14-28-30(20(6)43)18(4)26-13-24-17(3)22(11-12-29(44)45)34(40-24)32-33(37(47)48-9)36(46)31-19(5)27(15-25(21)39-23)42(35(31)32)38(7,8)41(26)28/h13-17,21-22,33H,10-12H2,1-9H3,(H,44,45)/t16-,17+,21-,22+,33?/m1/s1. The highest BCUT2D eigenvalue weighted by Gasteiger charge is 2.50. The molecular formula is C38H42N4O6. The molecule has 48 heavy (non-hydrogen) atoms. The summed E-state index contributed by atoms with van der Waals surface area (Å²) in [5.74, 6) is -3.64. The fourth-order valence-electron chi connectivity index (χ4n) is 9.14. The van der Waals surface area contributed by atoms with Gasteiger partial charge in [-0.15, -0.1) is 0 Å². The van der Waals surface area contributed by atoms with Crippen molar-refractivity contribution in [3.8, 4) is 0 Å². The average molecular weight is 651 g/mol. The first-order chi connectivity index (χ1) is 22.6. The van der Waals surface area contributed by atoms with Crippen molar-refractivity contribution in [1.82, 2.24) is 9.13 Å². The van der Waals surface area contributed by atoms with Crippen LogP contribution in [0.1, 0.15) is 104 Å². The number of methoxy groups -OCH3 is 1. The van der Waals surface area contributed by atoms with Crippen LogP contribution in [0.5, 0.6) is 0 Å². The lowest BCUT2D eigenvalue weighted by Gasteiger charge is -2.34. The van der Waals surface area contributed by atoms with Crippen molar-refractivity contribution in [3.05, 3.63) is 55.7 Å². The van der Waals surface area contributed by atoms with Gasteiger partial charge in [0.1, 0.15) is 11.6 Å². The Labute approximate surface area is 279 Å². The summed E-state index contributed by atoms with van der Waals surface area (Å²) in [4.78, 5) is 64.0. The van der Waals surface area contributed by atoms with Gasteiger partial charge in [-0.1, -0.05) is 20.8 Å². The lowest BCUT2D eigenvalue weighted by Crippen LogP contribution is -2.49. The van der Waals surface area contributed by atoms with E-state index in [1.165, 1.54) is 7.11 Å². The second kappa shape index (κ2) is 10.7. The minimum absolute atomic E-state index is 0.0701. The number of nitrogens with zero attached hydrogens (tertiary/aromatic N) is 4. The lowest BCUT2D eigenvalue weighted by molar-refractivity contribution is -0.142. The molecule has 6 bridgehead atoms. The van der Waals surface area contributed by atoms with Crippen molar-refractivity contribution in [3.63, 3.8) is 0 Å². The molecule has 4 aliphatic heterocycles. The van der Waals surface area contributed by atoms with Crippen LogP contribution in [-0.2, 0) is 20.0 Å². The van der Waals surface area contributed by atoms with Crippen LogP contribution in [0.3, 0.4) is 0 Å². The van der Waals surface area contributed by atoms with Crippen LogP contribution in [0.15, 0.2) is 21.4 Å². The van der Waals surface area contributed by atoms with Crippen molar-refractivity contribution >= 4 is 58.7 Å². The van der Waals surface area contributed by atoms with Gasteiger partial charge in [-0.3, -0.25) is 29.2 Å². The Balaban J connectivity index is 1.76. The van der Waals surface area contributed by atoms with Gasteiger partial charge in [-0.25, -0.2) is 0 Å². The first-order valence-corrected chi connectivity index (χ1v) is 16.8. The molecule has 1 aliphatic carbocycles. The Morgan fingerprint density at radius 3 is 2.23 bits per heavy atom. The number of Topliss-reactive ketones (excluding diaryl/α,β-unsaturated/α-hetero) is 2. The van der Waals surface area contributed by atoms with Crippen molar-refractivity contribution < 1.29 is 29.0 Å². The summed E-state index contributed by atoms with van der Waals surface area (Å²) >= 11 is 0. The summed E-state index contributed by atoms with van der Waals surface area (Å²) in [7, 11) is 1.28. The molecule has 10 nitrogen and oxygen atoms in total. The Morgan fingerprint density at radius 1 is 0.958 bits per heavy atom. The van der Waals surface area contributed by atoms with Gasteiger partial charge in [0.05, 0.1) is 23.9 Å². The highest BCUT2D eigenvalue weighted by atomic mass is 16.5. The third kappa shape index (κ3) is 4.10. The summed E-state index contributed by atoms with van der Waals surface area (Å²) in [6.07, 6.45) is 7.21. The molecule has 0 saturated carbocycles. The van der Waals surface area contributed by atoms with Gasteiger partial charge in [0, 0.05) is 74.9 Å². The topological polar surface area (TPSA) is 132 Å². The minimum Gasteiger partial charge on any atom is -0.481 e. The van der Waals surface area contributed by atoms with E-state index in [0.717, 1.165) is 45.7 Å². The fraction of sp³-hybridized carbons (Fsp3) is 0.474. The number of hydrogen-bond acceptors (Lipinski definition) is 7. The zero-order valence-corrected chi connectivity index (χ0v) is 29.0. The van der Waals surface area contributed by atoms with Crippen LogP contribution >= 0.6 is 0 Å². The van der Waals surface area contributed by atoms with Crippen molar-refractivity contribution in [1.29, 1.82) is 0 Å². The van der Waals surface area contributed by atoms with Gasteiger partial charge < -0.3 is 19.0 Å². The minimum atomic E-state index is -1.24. The normalized spacial score (nSPS) is 26.0. The van der Waals surface area contributed by atoms with Crippen molar-refractivity contribution in [2.24, 2.45) is 39.6 Å². The summed E-state index contributed by atoms with van der Waals surface area (Å²) in [6.45, 7) is 16.0. The van der Waals surface area contributed by atoms with E-state index in [1.54, 1.807) is 6.92 Å². The molecular weight excluding hydrogens is 608 g/mol. The summed E-state index contributed by atoms with van der Waals surface area (Å²) in [5.41, 5.74) is 6.76. The molecule has 7 rings (SSSR count). The first kappa shape index (κ1) is 32.0. The summed E-state index contributed by atoms with van der Waals surface area (Å²) in [5, 5.41) is 11.1. The van der Waals surface area contributed by atoms with Crippen molar-refractivity contribution in [2.45, 2.75) is 80.3 Å². The van der Waals surface area contributed by atoms with Gasteiger partial charge in [-0.2, -0.15) is 0 Å². The SMILES string of the molecule is CC[C@H]1C2=NC(=Cc3c(C(C)=O)c(C)c4n3C(C)(C)n3c(c(C)c5c3=C(C3=NC(=C4)[C@@H](C)[C@@H]3CCC(=O)O)C(C(=O)OC)C5=O)=C2)[C@@H]1C. The maximum Gasteiger partial charge on any atom is 0.321 e.